The third-order valence-electron chi connectivity index (χ3n) is 5.80. The summed E-state index contributed by atoms with van der Waals surface area (Å²) >= 11 is 0. The van der Waals surface area contributed by atoms with Crippen molar-refractivity contribution >= 4 is 22.6 Å². The van der Waals surface area contributed by atoms with E-state index in [0.717, 1.165) is 0 Å². The Hall–Kier alpha value is 0.250. The van der Waals surface area contributed by atoms with Crippen LogP contribution < -0.4 is 0 Å². The quantitative estimate of drug-likeness (QED) is 0.208. The van der Waals surface area contributed by atoms with Crippen LogP contribution in [0.25, 0.3) is 0 Å². The highest BCUT2D eigenvalue weighted by molar-refractivity contribution is 7.55. The summed E-state index contributed by atoms with van der Waals surface area (Å²) < 4.78 is 38.9. The van der Waals surface area contributed by atoms with E-state index in [-0.39, 0.29) is 32.5 Å². The lowest BCUT2D eigenvalue weighted by Crippen LogP contribution is -2.45. The van der Waals surface area contributed by atoms with Crippen LogP contribution in [0.1, 0.15) is 0 Å². The maximum atomic E-state index is 12.5. The molecular weight excluding hydrogens is 487 g/mol. The molecule has 0 aromatic heterocycles. The van der Waals surface area contributed by atoms with Gasteiger partial charge in [0.05, 0.1) is 0 Å². The number of rotatable bonds is 6. The summed E-state index contributed by atoms with van der Waals surface area (Å²) in [4.78, 5) is 44.9. The van der Waals surface area contributed by atoms with Crippen molar-refractivity contribution < 1.29 is 43.5 Å². The zero-order valence-corrected chi connectivity index (χ0v) is 20.8. The van der Waals surface area contributed by atoms with E-state index in [1.807, 2.05) is 9.80 Å². The molecule has 0 saturated carbocycles. The number of aliphatic hydroxyl groups excluding tert-OH is 2. The molecule has 0 aromatic rings. The van der Waals surface area contributed by atoms with Crippen molar-refractivity contribution in [2.45, 2.75) is 0 Å². The first-order chi connectivity index (χ1) is 14.9. The molecule has 4 atom stereocenters. The molecule has 0 amide bonds. The van der Waals surface area contributed by atoms with E-state index < -0.39 is 35.3 Å². The highest BCUT2D eigenvalue weighted by atomic mass is 31.2. The topological polar surface area (TPSA) is 189 Å². The highest BCUT2D eigenvalue weighted by Crippen LogP contribution is 2.46. The lowest BCUT2D eigenvalue weighted by Gasteiger charge is -2.35. The molecule has 4 unspecified atom stereocenters. The van der Waals surface area contributed by atoms with E-state index in [9.17, 15) is 43.5 Å². The molecule has 2 saturated heterocycles. The molecular formula is C15H36N5O9P3. The molecule has 14 nitrogen and oxygen atoms in total. The van der Waals surface area contributed by atoms with Gasteiger partial charge in [0.1, 0.15) is 19.0 Å². The standard InChI is InChI=1S/C15H36N5O9P3/c21-14-30(23,24)19-9-7-16-1-2-17(4-6-18(5-3-16)13-32(27,28)29)8-10-20(12-11-19)31(25,26)15-22/h21-22H,1-15H2,(H,23,24)(H,25,26)(H2,27,28,29). The second kappa shape index (κ2) is 12.3. The molecule has 0 aliphatic carbocycles. The zero-order chi connectivity index (χ0) is 24.0. The molecule has 2 heterocycles. The van der Waals surface area contributed by atoms with Crippen molar-refractivity contribution in [1.29, 1.82) is 0 Å². The monoisotopic (exact) mass is 523 g/mol. The van der Waals surface area contributed by atoms with Crippen molar-refractivity contribution in [2.24, 2.45) is 0 Å². The first-order valence-electron chi connectivity index (χ1n) is 10.4. The Morgan fingerprint density at radius 1 is 0.531 bits per heavy atom. The third kappa shape index (κ3) is 9.13. The van der Waals surface area contributed by atoms with Crippen molar-refractivity contribution in [2.75, 3.05) is 97.5 Å². The molecule has 2 rings (SSSR count). The summed E-state index contributed by atoms with van der Waals surface area (Å²) in [6.45, 7) is 3.96. The average molecular weight is 523 g/mol. The first kappa shape index (κ1) is 28.5. The van der Waals surface area contributed by atoms with E-state index in [1.54, 1.807) is 4.90 Å². The first-order valence-corrected chi connectivity index (χ1v) is 15.8. The second-order valence-corrected chi connectivity index (χ2v) is 14.1. The van der Waals surface area contributed by atoms with Gasteiger partial charge in [0.15, 0.2) is 0 Å². The summed E-state index contributed by atoms with van der Waals surface area (Å²) in [7, 11) is -12.4. The zero-order valence-electron chi connectivity index (χ0n) is 18.1. The van der Waals surface area contributed by atoms with Crippen molar-refractivity contribution in [3.05, 3.63) is 0 Å². The summed E-state index contributed by atoms with van der Waals surface area (Å²) in [5, 5.41) is 18.8. The average Bonchev–Trinajstić information content (AvgIpc) is 2.78. The fraction of sp³-hybridized carbons (Fsp3) is 1.00. The van der Waals surface area contributed by atoms with Crippen LogP contribution >= 0.6 is 22.6 Å². The predicted octanol–water partition coefficient (Wildman–Crippen LogP) is -2.07. The Bertz CT molecular complexity index is 693. The van der Waals surface area contributed by atoms with E-state index in [4.69, 9.17) is 0 Å². The van der Waals surface area contributed by atoms with E-state index in [0.29, 0.717) is 52.4 Å². The Morgan fingerprint density at radius 2 is 0.844 bits per heavy atom. The van der Waals surface area contributed by atoms with Gasteiger partial charge in [-0.2, -0.15) is 0 Å². The summed E-state index contributed by atoms with van der Waals surface area (Å²) in [6, 6.07) is 0. The van der Waals surface area contributed by atoms with Crippen molar-refractivity contribution in [1.82, 2.24) is 24.0 Å². The lowest BCUT2D eigenvalue weighted by molar-refractivity contribution is 0.176. The van der Waals surface area contributed by atoms with E-state index in [2.05, 4.69) is 0 Å². The second-order valence-electron chi connectivity index (χ2n) is 8.13. The van der Waals surface area contributed by atoms with Crippen LogP contribution in [0.3, 0.4) is 0 Å². The van der Waals surface area contributed by atoms with E-state index in [1.165, 1.54) is 9.34 Å². The molecule has 2 bridgehead atoms. The summed E-state index contributed by atoms with van der Waals surface area (Å²) in [5.74, 6) is 0. The van der Waals surface area contributed by atoms with Gasteiger partial charge in [0.25, 0.3) is 15.0 Å². The minimum absolute atomic E-state index is 0.0446. The van der Waals surface area contributed by atoms with Gasteiger partial charge in [-0.05, 0) is 0 Å². The van der Waals surface area contributed by atoms with Crippen LogP contribution in [-0.2, 0) is 13.7 Å². The fourth-order valence-electron chi connectivity index (χ4n) is 3.81. The van der Waals surface area contributed by atoms with Gasteiger partial charge in [-0.1, -0.05) is 0 Å². The lowest BCUT2D eigenvalue weighted by atomic mass is 10.3. The maximum absolute atomic E-state index is 12.5. The minimum atomic E-state index is -4.25. The van der Waals surface area contributed by atoms with Crippen LogP contribution in [0.4, 0.5) is 0 Å². The largest absolute Gasteiger partial charge is 0.385 e. The minimum Gasteiger partial charge on any atom is -0.385 e. The van der Waals surface area contributed by atoms with Gasteiger partial charge in [-0.15, -0.1) is 0 Å². The number of hydrogen-bond donors (Lipinski definition) is 6. The molecule has 17 heteroatoms. The molecule has 2 aliphatic heterocycles. The molecule has 32 heavy (non-hydrogen) atoms. The molecule has 0 aromatic carbocycles. The number of hydrogen-bond acceptors (Lipinski definition) is 8. The smallest absolute Gasteiger partial charge is 0.339 e. The number of aliphatic hydroxyl groups is 2. The molecule has 2 fully saturated rings. The highest BCUT2D eigenvalue weighted by Gasteiger charge is 2.33. The normalized spacial score (nSPS) is 30.2. The predicted molar refractivity (Wildman–Crippen MR) is 118 cm³/mol. The fourth-order valence-corrected chi connectivity index (χ4v) is 6.57. The van der Waals surface area contributed by atoms with Crippen LogP contribution in [0.2, 0.25) is 0 Å². The Morgan fingerprint density at radius 3 is 1.19 bits per heavy atom. The molecule has 6 N–H and O–H groups in total. The third-order valence-corrected chi connectivity index (χ3v) is 9.87. The molecule has 190 valence electrons. The van der Waals surface area contributed by atoms with Gasteiger partial charge in [-0.3, -0.25) is 28.4 Å². The summed E-state index contributed by atoms with van der Waals surface area (Å²) in [6.07, 6.45) is -2.28. The van der Waals surface area contributed by atoms with Gasteiger partial charge in [0.2, 0.25) is 0 Å². The Balaban J connectivity index is 2.27. The molecule has 2 aliphatic rings. The van der Waals surface area contributed by atoms with Gasteiger partial charge < -0.3 is 29.8 Å². The van der Waals surface area contributed by atoms with Crippen LogP contribution in [0, 0.1) is 0 Å². The van der Waals surface area contributed by atoms with Gasteiger partial charge in [-0.25, -0.2) is 9.34 Å². The van der Waals surface area contributed by atoms with Crippen LogP contribution in [0.15, 0.2) is 0 Å². The summed E-state index contributed by atoms with van der Waals surface area (Å²) in [5.41, 5.74) is 0. The van der Waals surface area contributed by atoms with Gasteiger partial charge >= 0.3 is 7.60 Å². The van der Waals surface area contributed by atoms with Crippen LogP contribution in [0.5, 0.6) is 0 Å². The number of nitrogens with zero attached hydrogens (tertiary/aromatic N) is 5. The molecule has 0 spiro atoms. The Kier molecular flexibility index (Phi) is 10.9. The molecule has 0 radical (unpaired) electrons. The maximum Gasteiger partial charge on any atom is 0.339 e. The SMILES string of the molecule is O=P(O)(O)CN1CCN2CCN(CC1)CCN(P(=O)(O)CO)CCN(P(=O)(O)CO)CC2. The van der Waals surface area contributed by atoms with Crippen LogP contribution in [-0.4, -0.2) is 151 Å². The number of fused-ring (bicyclic) bond motifs is 3. The van der Waals surface area contributed by atoms with Gasteiger partial charge in [0, 0.05) is 78.5 Å². The Labute approximate surface area is 188 Å². The van der Waals surface area contributed by atoms with Crippen molar-refractivity contribution in [3.8, 4) is 0 Å². The van der Waals surface area contributed by atoms with E-state index >= 15 is 0 Å². The van der Waals surface area contributed by atoms with Crippen molar-refractivity contribution in [3.63, 3.8) is 0 Å².